The van der Waals surface area contributed by atoms with Gasteiger partial charge in [0.15, 0.2) is 0 Å². The number of hydrogen-bond donors (Lipinski definition) is 1. The second kappa shape index (κ2) is 5.46. The molecule has 0 saturated carbocycles. The molecule has 3 rings (SSSR count). The van der Waals surface area contributed by atoms with Gasteiger partial charge < -0.3 is 4.74 Å². The smallest absolute Gasteiger partial charge is 0.207 e. The molecule has 0 aliphatic heterocycles. The lowest BCUT2D eigenvalue weighted by Crippen LogP contribution is -2.00. The summed E-state index contributed by atoms with van der Waals surface area (Å²) in [5.41, 5.74) is 3.24. The van der Waals surface area contributed by atoms with Gasteiger partial charge in [0, 0.05) is 11.1 Å². The number of thiol groups is 1. The van der Waals surface area contributed by atoms with Crippen molar-refractivity contribution in [2.45, 2.75) is 12.1 Å². The maximum atomic E-state index is 5.46. The van der Waals surface area contributed by atoms with Crippen LogP contribution < -0.4 is 4.74 Å². The number of rotatable bonds is 2. The molecule has 0 bridgehead atoms. The minimum atomic E-state index is 0.436. The molecule has 0 radical (unpaired) electrons. The second-order valence-corrected chi connectivity index (χ2v) is 4.67. The van der Waals surface area contributed by atoms with Gasteiger partial charge in [-0.05, 0) is 31.2 Å². The van der Waals surface area contributed by atoms with Crippen LogP contribution in [0.15, 0.2) is 35.6 Å². The van der Waals surface area contributed by atoms with Crippen LogP contribution >= 0.6 is 12.6 Å². The Morgan fingerprint density at radius 3 is 2.86 bits per heavy atom. The van der Waals surface area contributed by atoms with E-state index in [1.165, 1.54) is 0 Å². The molecule has 0 atom stereocenters. The Kier molecular flexibility index (Phi) is 3.50. The van der Waals surface area contributed by atoms with E-state index in [1.54, 1.807) is 24.7 Å². The normalized spacial score (nSPS) is 10.2. The van der Waals surface area contributed by atoms with E-state index >= 15 is 0 Å². The highest BCUT2D eigenvalue weighted by Crippen LogP contribution is 2.32. The number of hydrogen-bond acceptors (Lipinski definition) is 5. The van der Waals surface area contributed by atoms with Crippen LogP contribution in [0.3, 0.4) is 0 Å². The summed E-state index contributed by atoms with van der Waals surface area (Å²) in [4.78, 5) is 0. The van der Waals surface area contributed by atoms with E-state index in [9.17, 15) is 0 Å². The Bertz CT molecular complexity index is 876. The zero-order valence-corrected chi connectivity index (χ0v) is 12.4. The fraction of sp³-hybridized carbons (Fsp3) is 0.133. The molecule has 1 aromatic carbocycles. The molecule has 21 heavy (non-hydrogen) atoms. The molecule has 0 aliphatic carbocycles. The third-order valence-corrected chi connectivity index (χ3v) is 3.32. The highest BCUT2D eigenvalue weighted by molar-refractivity contribution is 7.80. The average Bonchev–Trinajstić information content (AvgIpc) is 2.99. The molecular formula is C15H12N4OS. The molecule has 104 valence electrons. The lowest BCUT2D eigenvalue weighted by Gasteiger charge is -2.09. The molecule has 0 amide bonds. The fourth-order valence-electron chi connectivity index (χ4n) is 2.13. The van der Waals surface area contributed by atoms with Crippen LogP contribution in [0, 0.1) is 11.8 Å². The topological polar surface area (TPSA) is 52.3 Å². The van der Waals surface area contributed by atoms with E-state index in [2.05, 4.69) is 39.8 Å². The molecule has 5 nitrogen and oxygen atoms in total. The van der Waals surface area contributed by atoms with Gasteiger partial charge in [-0.3, -0.25) is 0 Å². The van der Waals surface area contributed by atoms with E-state index in [-0.39, 0.29) is 0 Å². The first kappa shape index (κ1) is 13.5. The standard InChI is InChI=1S/C15H12N4OS/c1-3-4-10-5-6-11(13(9-10)20-2)14-12-7-8-16-19(12)15(21)18-17-14/h5-9H,1-2H3,(H,18,21). The molecule has 0 unspecified atom stereocenters. The molecule has 6 heteroatoms. The lowest BCUT2D eigenvalue weighted by atomic mass is 10.1. The zero-order valence-electron chi connectivity index (χ0n) is 11.5. The molecule has 0 fully saturated rings. The summed E-state index contributed by atoms with van der Waals surface area (Å²) in [6, 6.07) is 7.60. The minimum absolute atomic E-state index is 0.436. The van der Waals surface area contributed by atoms with Crippen molar-refractivity contribution < 1.29 is 4.74 Å². The van der Waals surface area contributed by atoms with Crippen molar-refractivity contribution in [3.05, 3.63) is 36.0 Å². The van der Waals surface area contributed by atoms with Gasteiger partial charge in [0.25, 0.3) is 0 Å². The van der Waals surface area contributed by atoms with Gasteiger partial charge in [-0.25, -0.2) is 4.52 Å². The molecule has 0 N–H and O–H groups in total. The third kappa shape index (κ3) is 2.32. The predicted octanol–water partition coefficient (Wildman–Crippen LogP) is 2.46. The summed E-state index contributed by atoms with van der Waals surface area (Å²) in [6.45, 7) is 1.80. The summed E-state index contributed by atoms with van der Waals surface area (Å²) in [7, 11) is 1.62. The van der Waals surface area contributed by atoms with E-state index in [0.717, 1.165) is 16.6 Å². The molecule has 0 spiro atoms. The van der Waals surface area contributed by atoms with Gasteiger partial charge in [0.05, 0.1) is 18.8 Å². The quantitative estimate of drug-likeness (QED) is 0.583. The number of benzene rings is 1. The Morgan fingerprint density at radius 1 is 1.24 bits per heavy atom. The lowest BCUT2D eigenvalue weighted by molar-refractivity contribution is 0.416. The maximum absolute atomic E-state index is 5.46. The molecule has 0 saturated heterocycles. The number of fused-ring (bicyclic) bond motifs is 1. The summed E-state index contributed by atoms with van der Waals surface area (Å²) < 4.78 is 7.09. The Hall–Kier alpha value is -2.52. The van der Waals surface area contributed by atoms with Crippen molar-refractivity contribution in [3.8, 4) is 28.8 Å². The van der Waals surface area contributed by atoms with Gasteiger partial charge >= 0.3 is 0 Å². The van der Waals surface area contributed by atoms with Crippen LogP contribution in [-0.4, -0.2) is 26.9 Å². The van der Waals surface area contributed by atoms with Gasteiger partial charge in [-0.1, -0.05) is 5.92 Å². The SMILES string of the molecule is CC#Cc1ccc(-c2nnc(S)n3nccc23)c(OC)c1. The molecule has 2 aromatic heterocycles. The highest BCUT2D eigenvalue weighted by atomic mass is 32.1. The third-order valence-electron chi connectivity index (χ3n) is 3.04. The average molecular weight is 296 g/mol. The first-order valence-electron chi connectivity index (χ1n) is 6.25. The van der Waals surface area contributed by atoms with E-state index in [4.69, 9.17) is 4.74 Å². The largest absolute Gasteiger partial charge is 0.496 e. The van der Waals surface area contributed by atoms with Crippen LogP contribution in [0.1, 0.15) is 12.5 Å². The summed E-state index contributed by atoms with van der Waals surface area (Å²) >= 11 is 4.25. The van der Waals surface area contributed by atoms with Crippen LogP contribution in [0.2, 0.25) is 0 Å². The minimum Gasteiger partial charge on any atom is -0.496 e. The Labute approximate surface area is 127 Å². The van der Waals surface area contributed by atoms with Gasteiger partial charge in [0.2, 0.25) is 5.16 Å². The van der Waals surface area contributed by atoms with E-state index in [0.29, 0.717) is 16.6 Å². The van der Waals surface area contributed by atoms with Gasteiger partial charge in [-0.2, -0.15) is 5.10 Å². The Morgan fingerprint density at radius 2 is 2.10 bits per heavy atom. The number of aromatic nitrogens is 4. The van der Waals surface area contributed by atoms with Crippen molar-refractivity contribution in [1.29, 1.82) is 0 Å². The fourth-order valence-corrected chi connectivity index (χ4v) is 2.34. The van der Waals surface area contributed by atoms with Crippen LogP contribution in [0.25, 0.3) is 16.8 Å². The van der Waals surface area contributed by atoms with E-state index in [1.807, 2.05) is 24.3 Å². The first-order valence-corrected chi connectivity index (χ1v) is 6.70. The van der Waals surface area contributed by atoms with Crippen molar-refractivity contribution in [2.24, 2.45) is 0 Å². The van der Waals surface area contributed by atoms with Crippen molar-refractivity contribution >= 4 is 18.1 Å². The first-order chi connectivity index (χ1) is 10.2. The number of methoxy groups -OCH3 is 1. The van der Waals surface area contributed by atoms with Gasteiger partial charge in [0.1, 0.15) is 11.4 Å². The predicted molar refractivity (Wildman–Crippen MR) is 82.6 cm³/mol. The summed E-state index contributed by atoms with van der Waals surface area (Å²) in [5.74, 6) is 6.57. The van der Waals surface area contributed by atoms with Gasteiger partial charge in [-0.15, -0.1) is 28.7 Å². The number of nitrogens with zero attached hydrogens (tertiary/aromatic N) is 4. The molecular weight excluding hydrogens is 284 g/mol. The van der Waals surface area contributed by atoms with Crippen molar-refractivity contribution in [3.63, 3.8) is 0 Å². The van der Waals surface area contributed by atoms with Crippen LogP contribution in [0.5, 0.6) is 5.75 Å². The second-order valence-electron chi connectivity index (χ2n) is 4.27. The molecule has 0 aliphatic rings. The Balaban J connectivity index is 2.24. The monoisotopic (exact) mass is 296 g/mol. The van der Waals surface area contributed by atoms with Crippen LogP contribution in [-0.2, 0) is 0 Å². The highest BCUT2D eigenvalue weighted by Gasteiger charge is 2.14. The van der Waals surface area contributed by atoms with E-state index < -0.39 is 0 Å². The van der Waals surface area contributed by atoms with Crippen LogP contribution in [0.4, 0.5) is 0 Å². The van der Waals surface area contributed by atoms with Crippen molar-refractivity contribution in [1.82, 2.24) is 19.8 Å². The maximum Gasteiger partial charge on any atom is 0.207 e. The molecule has 3 aromatic rings. The number of ether oxygens (including phenoxy) is 1. The molecule has 2 heterocycles. The van der Waals surface area contributed by atoms with Crippen molar-refractivity contribution in [2.75, 3.05) is 7.11 Å². The summed E-state index contributed by atoms with van der Waals surface area (Å²) in [5, 5.41) is 12.9. The zero-order chi connectivity index (χ0) is 14.8. The summed E-state index contributed by atoms with van der Waals surface area (Å²) in [6.07, 6.45) is 1.69.